The molecule has 0 aliphatic heterocycles. The number of anilines is 1. The predicted octanol–water partition coefficient (Wildman–Crippen LogP) is 5.20. The Hall–Kier alpha value is -4.91. The highest BCUT2D eigenvalue weighted by atomic mass is 19.4. The van der Waals surface area contributed by atoms with Crippen LogP contribution in [-0.4, -0.2) is 30.1 Å². The van der Waals surface area contributed by atoms with Gasteiger partial charge in [0.2, 0.25) is 0 Å². The van der Waals surface area contributed by atoms with Gasteiger partial charge in [-0.1, -0.05) is 12.0 Å². The van der Waals surface area contributed by atoms with Crippen molar-refractivity contribution in [3.63, 3.8) is 0 Å². The van der Waals surface area contributed by atoms with Crippen molar-refractivity contribution in [2.45, 2.75) is 20.0 Å². The highest BCUT2D eigenvalue weighted by Gasteiger charge is 2.34. The maximum Gasteiger partial charge on any atom is 0.418 e. The number of hydrogen-bond acceptors (Lipinski definition) is 4. The Labute approximate surface area is 209 Å². The number of halogens is 3. The molecule has 37 heavy (non-hydrogen) atoms. The molecule has 0 saturated carbocycles. The standard InChI is InChI=1S/C27H19F3N6O/c1-17-5-6-20(12-19(17)7-9-22-14-31-25-4-3-11-33-36(22)25)26(37)34-21-8-10-24(23(13-21)27(28,29)30)35-15-18(2)32-16-35/h3-6,8,10-16H,1-2H3,(H,34,37). The molecule has 7 nitrogen and oxygen atoms in total. The molecule has 0 aliphatic carbocycles. The Morgan fingerprint density at radius 3 is 2.62 bits per heavy atom. The lowest BCUT2D eigenvalue weighted by Crippen LogP contribution is -2.15. The number of hydrogen-bond donors (Lipinski definition) is 1. The Bertz CT molecular complexity index is 1700. The number of amides is 1. The molecule has 2 aromatic carbocycles. The SMILES string of the molecule is Cc1cn(-c2ccc(NC(=O)c3ccc(C)c(C#Cc4cnc5cccnn45)c3)cc2C(F)(F)F)cn1. The fraction of sp³-hybridized carbons (Fsp3) is 0.111. The molecule has 3 aromatic heterocycles. The summed E-state index contributed by atoms with van der Waals surface area (Å²) in [5.74, 6) is 5.49. The number of rotatable bonds is 3. The molecule has 0 bridgehead atoms. The van der Waals surface area contributed by atoms with Crippen molar-refractivity contribution >= 4 is 17.2 Å². The zero-order valence-electron chi connectivity index (χ0n) is 19.7. The van der Waals surface area contributed by atoms with Gasteiger partial charge >= 0.3 is 6.18 Å². The van der Waals surface area contributed by atoms with E-state index in [1.807, 2.05) is 13.0 Å². The minimum atomic E-state index is -4.63. The predicted molar refractivity (Wildman–Crippen MR) is 131 cm³/mol. The lowest BCUT2D eigenvalue weighted by Gasteiger charge is -2.15. The largest absolute Gasteiger partial charge is 0.418 e. The maximum absolute atomic E-state index is 13.8. The summed E-state index contributed by atoms with van der Waals surface area (Å²) in [5, 5.41) is 6.78. The number of aromatic nitrogens is 5. The maximum atomic E-state index is 13.8. The molecule has 3 heterocycles. The van der Waals surface area contributed by atoms with E-state index in [4.69, 9.17) is 0 Å². The van der Waals surface area contributed by atoms with Crippen molar-refractivity contribution < 1.29 is 18.0 Å². The number of nitrogens with zero attached hydrogens (tertiary/aromatic N) is 5. The van der Waals surface area contributed by atoms with Gasteiger partial charge < -0.3 is 9.88 Å². The van der Waals surface area contributed by atoms with Crippen LogP contribution in [0.25, 0.3) is 11.3 Å². The Balaban J connectivity index is 1.42. The molecule has 5 rings (SSSR count). The van der Waals surface area contributed by atoms with Gasteiger partial charge in [0.25, 0.3) is 5.91 Å². The number of carbonyl (C=O) groups excluding carboxylic acids is 1. The van der Waals surface area contributed by atoms with Crippen LogP contribution < -0.4 is 5.32 Å². The Morgan fingerprint density at radius 2 is 1.86 bits per heavy atom. The van der Waals surface area contributed by atoms with E-state index in [2.05, 4.69) is 32.2 Å². The average molecular weight is 500 g/mol. The van der Waals surface area contributed by atoms with E-state index in [9.17, 15) is 18.0 Å². The third kappa shape index (κ3) is 4.92. The van der Waals surface area contributed by atoms with Gasteiger partial charge in [0.05, 0.1) is 29.5 Å². The van der Waals surface area contributed by atoms with Gasteiger partial charge in [0.15, 0.2) is 5.65 Å². The first-order chi connectivity index (χ1) is 17.7. The van der Waals surface area contributed by atoms with Gasteiger partial charge in [-0.25, -0.2) is 14.5 Å². The van der Waals surface area contributed by atoms with Gasteiger partial charge in [-0.2, -0.15) is 18.3 Å². The molecule has 10 heteroatoms. The first kappa shape index (κ1) is 23.8. The van der Waals surface area contributed by atoms with Crippen LogP contribution in [0.2, 0.25) is 0 Å². The van der Waals surface area contributed by atoms with Crippen LogP contribution in [0.15, 0.2) is 73.4 Å². The van der Waals surface area contributed by atoms with E-state index in [1.165, 1.54) is 29.2 Å². The first-order valence-electron chi connectivity index (χ1n) is 11.1. The van der Waals surface area contributed by atoms with Gasteiger partial charge in [-0.05, 0) is 67.8 Å². The molecule has 1 N–H and O–H groups in total. The minimum absolute atomic E-state index is 0.0166. The fourth-order valence-electron chi connectivity index (χ4n) is 3.77. The van der Waals surface area contributed by atoms with Crippen molar-refractivity contribution in [2.75, 3.05) is 5.32 Å². The van der Waals surface area contributed by atoms with Gasteiger partial charge in [0, 0.05) is 29.2 Å². The van der Waals surface area contributed by atoms with E-state index in [-0.39, 0.29) is 16.9 Å². The van der Waals surface area contributed by atoms with Crippen molar-refractivity contribution in [1.29, 1.82) is 0 Å². The summed E-state index contributed by atoms with van der Waals surface area (Å²) < 4.78 is 44.3. The molecule has 1 amide bonds. The number of alkyl halides is 3. The molecular formula is C27H19F3N6O. The quantitative estimate of drug-likeness (QED) is 0.346. The third-order valence-electron chi connectivity index (χ3n) is 5.65. The highest BCUT2D eigenvalue weighted by molar-refractivity contribution is 6.04. The van der Waals surface area contributed by atoms with Crippen LogP contribution >= 0.6 is 0 Å². The van der Waals surface area contributed by atoms with Crippen LogP contribution in [0.3, 0.4) is 0 Å². The van der Waals surface area contributed by atoms with Crippen LogP contribution in [0, 0.1) is 25.7 Å². The number of imidazole rings is 2. The Kier molecular flexibility index (Phi) is 5.97. The van der Waals surface area contributed by atoms with Crippen molar-refractivity contribution in [3.8, 4) is 17.5 Å². The fourth-order valence-corrected chi connectivity index (χ4v) is 3.77. The molecule has 0 aliphatic rings. The molecule has 184 valence electrons. The van der Waals surface area contributed by atoms with E-state index in [0.717, 1.165) is 11.6 Å². The zero-order valence-corrected chi connectivity index (χ0v) is 19.7. The average Bonchev–Trinajstić information content (AvgIpc) is 3.49. The summed E-state index contributed by atoms with van der Waals surface area (Å²) in [7, 11) is 0. The number of nitrogens with one attached hydrogen (secondary N) is 1. The molecular weight excluding hydrogens is 481 g/mol. The summed E-state index contributed by atoms with van der Waals surface area (Å²) in [6, 6.07) is 12.1. The zero-order chi connectivity index (χ0) is 26.2. The lowest BCUT2D eigenvalue weighted by molar-refractivity contribution is -0.137. The Morgan fingerprint density at radius 1 is 1.03 bits per heavy atom. The van der Waals surface area contributed by atoms with Gasteiger partial charge in [-0.15, -0.1) is 0 Å². The van der Waals surface area contributed by atoms with E-state index in [0.29, 0.717) is 22.6 Å². The van der Waals surface area contributed by atoms with Crippen LogP contribution in [0.1, 0.15) is 38.4 Å². The van der Waals surface area contributed by atoms with Crippen molar-refractivity contribution in [2.24, 2.45) is 0 Å². The second kappa shape index (κ2) is 9.28. The molecule has 5 aromatic rings. The summed E-state index contributed by atoms with van der Waals surface area (Å²) in [5.41, 5.74) is 2.56. The van der Waals surface area contributed by atoms with Crippen molar-refractivity contribution in [3.05, 3.63) is 107 Å². The normalized spacial score (nSPS) is 11.3. The third-order valence-corrected chi connectivity index (χ3v) is 5.65. The first-order valence-corrected chi connectivity index (χ1v) is 11.1. The van der Waals surface area contributed by atoms with E-state index < -0.39 is 17.6 Å². The summed E-state index contributed by atoms with van der Waals surface area (Å²) in [4.78, 5) is 21.2. The summed E-state index contributed by atoms with van der Waals surface area (Å²) in [6.45, 7) is 3.54. The van der Waals surface area contributed by atoms with Crippen LogP contribution in [0.4, 0.5) is 18.9 Å². The molecule has 0 saturated heterocycles. The van der Waals surface area contributed by atoms with E-state index >= 15 is 0 Å². The summed E-state index contributed by atoms with van der Waals surface area (Å²) in [6.07, 6.45) is 1.42. The molecule has 0 spiro atoms. The highest BCUT2D eigenvalue weighted by Crippen LogP contribution is 2.35. The molecule has 0 radical (unpaired) electrons. The second-order valence-electron chi connectivity index (χ2n) is 8.32. The monoisotopic (exact) mass is 500 g/mol. The van der Waals surface area contributed by atoms with Gasteiger partial charge in [0.1, 0.15) is 5.69 Å². The topological polar surface area (TPSA) is 77.1 Å². The number of carbonyl (C=O) groups is 1. The number of fused-ring (bicyclic) bond motifs is 1. The second-order valence-corrected chi connectivity index (χ2v) is 8.32. The lowest BCUT2D eigenvalue weighted by atomic mass is 10.0. The smallest absolute Gasteiger partial charge is 0.322 e. The number of aryl methyl sites for hydroxylation is 2. The summed E-state index contributed by atoms with van der Waals surface area (Å²) >= 11 is 0. The number of benzene rings is 2. The van der Waals surface area contributed by atoms with E-state index in [1.54, 1.807) is 48.1 Å². The van der Waals surface area contributed by atoms with Crippen LogP contribution in [0.5, 0.6) is 0 Å². The van der Waals surface area contributed by atoms with Crippen LogP contribution in [-0.2, 0) is 6.18 Å². The van der Waals surface area contributed by atoms with Gasteiger partial charge in [-0.3, -0.25) is 4.79 Å². The molecule has 0 fully saturated rings. The minimum Gasteiger partial charge on any atom is -0.322 e. The molecule has 0 unspecified atom stereocenters. The molecule has 0 atom stereocenters. The van der Waals surface area contributed by atoms with Crippen molar-refractivity contribution in [1.82, 2.24) is 24.1 Å².